The van der Waals surface area contributed by atoms with Crippen molar-refractivity contribution in [1.29, 1.82) is 0 Å². The van der Waals surface area contributed by atoms with Crippen molar-refractivity contribution in [3.05, 3.63) is 65.7 Å². The lowest BCUT2D eigenvalue weighted by Gasteiger charge is -2.26. The highest BCUT2D eigenvalue weighted by Crippen LogP contribution is 2.27. The van der Waals surface area contributed by atoms with Crippen LogP contribution in [0.2, 0.25) is 0 Å². The Kier molecular flexibility index (Phi) is 8.05. The summed E-state index contributed by atoms with van der Waals surface area (Å²) in [6.45, 7) is 5.53. The van der Waals surface area contributed by atoms with Crippen LogP contribution in [0.4, 0.5) is 10.5 Å². The van der Waals surface area contributed by atoms with Crippen molar-refractivity contribution in [1.82, 2.24) is 0 Å². The van der Waals surface area contributed by atoms with Crippen molar-refractivity contribution in [3.63, 3.8) is 0 Å². The van der Waals surface area contributed by atoms with Crippen LogP contribution in [0.15, 0.2) is 54.6 Å². The van der Waals surface area contributed by atoms with E-state index in [1.807, 2.05) is 24.3 Å². The molecule has 0 aliphatic carbocycles. The number of carbonyl (C=O) groups excluding carboxylic acids is 1. The molecule has 0 spiro atoms. The number of aliphatic carboxylic acids is 1. The van der Waals surface area contributed by atoms with Gasteiger partial charge in [-0.2, -0.15) is 0 Å². The van der Waals surface area contributed by atoms with Crippen molar-refractivity contribution < 1.29 is 19.4 Å². The fourth-order valence-electron chi connectivity index (χ4n) is 3.20. The molecule has 5 heteroatoms. The van der Waals surface area contributed by atoms with Crippen LogP contribution in [0, 0.1) is 0 Å². The highest BCUT2D eigenvalue weighted by Gasteiger charge is 2.28. The minimum absolute atomic E-state index is 0.192. The first-order chi connectivity index (χ1) is 13.4. The minimum atomic E-state index is -1.07. The Morgan fingerprint density at radius 1 is 1.07 bits per heavy atom. The zero-order valence-electron chi connectivity index (χ0n) is 16.8. The molecule has 5 nitrogen and oxygen atoms in total. The van der Waals surface area contributed by atoms with Crippen LogP contribution in [-0.4, -0.2) is 29.8 Å². The lowest BCUT2D eigenvalue weighted by molar-refractivity contribution is -0.138. The van der Waals surface area contributed by atoms with E-state index in [0.29, 0.717) is 11.6 Å². The van der Waals surface area contributed by atoms with E-state index in [0.717, 1.165) is 24.8 Å². The van der Waals surface area contributed by atoms with Crippen molar-refractivity contribution in [2.24, 2.45) is 0 Å². The van der Waals surface area contributed by atoms with Gasteiger partial charge in [0.25, 0.3) is 0 Å². The van der Waals surface area contributed by atoms with E-state index < -0.39 is 18.1 Å². The van der Waals surface area contributed by atoms with E-state index in [1.165, 1.54) is 17.4 Å². The van der Waals surface area contributed by atoms with Crippen molar-refractivity contribution in [2.75, 3.05) is 11.5 Å². The predicted molar refractivity (Wildman–Crippen MR) is 111 cm³/mol. The number of hydrogen-bond acceptors (Lipinski definition) is 3. The quantitative estimate of drug-likeness (QED) is 0.642. The molecule has 0 saturated heterocycles. The largest absolute Gasteiger partial charge is 0.480 e. The summed E-state index contributed by atoms with van der Waals surface area (Å²) in [7, 11) is 0. The Bertz CT molecular complexity index is 775. The molecule has 28 heavy (non-hydrogen) atoms. The minimum Gasteiger partial charge on any atom is -0.480 e. The van der Waals surface area contributed by atoms with Gasteiger partial charge in [0, 0.05) is 5.69 Å². The average molecular weight is 383 g/mol. The van der Waals surface area contributed by atoms with Gasteiger partial charge in [0.2, 0.25) is 0 Å². The van der Waals surface area contributed by atoms with E-state index in [4.69, 9.17) is 4.74 Å². The van der Waals surface area contributed by atoms with Crippen molar-refractivity contribution in [2.45, 2.75) is 52.0 Å². The van der Waals surface area contributed by atoms with Crippen LogP contribution >= 0.6 is 0 Å². The number of aryl methyl sites for hydroxylation is 1. The lowest BCUT2D eigenvalue weighted by atomic mass is 9.93. The molecule has 0 aromatic heterocycles. The fourth-order valence-corrected chi connectivity index (χ4v) is 3.20. The van der Waals surface area contributed by atoms with Gasteiger partial charge in [-0.05, 0) is 62.3 Å². The Morgan fingerprint density at radius 3 is 2.43 bits per heavy atom. The molecule has 150 valence electrons. The second-order valence-corrected chi connectivity index (χ2v) is 6.96. The Morgan fingerprint density at radius 2 is 1.79 bits per heavy atom. The molecule has 0 heterocycles. The maximum Gasteiger partial charge on any atom is 0.415 e. The maximum absolute atomic E-state index is 12.3. The summed E-state index contributed by atoms with van der Waals surface area (Å²) >= 11 is 0. The Labute approximate surface area is 166 Å². The molecule has 0 bridgehead atoms. The van der Waals surface area contributed by atoms with Crippen LogP contribution in [0.3, 0.4) is 0 Å². The zero-order valence-corrected chi connectivity index (χ0v) is 16.8. The number of ether oxygens (including phenoxy) is 1. The highest BCUT2D eigenvalue weighted by atomic mass is 16.6. The SMILES string of the molecule is CCOC(=O)N(c1cccc(C(C)CCCc2ccccc2)c1)C(C)C(=O)O. The van der Waals surface area contributed by atoms with Crippen molar-refractivity contribution >= 4 is 17.7 Å². The smallest absolute Gasteiger partial charge is 0.415 e. The first-order valence-corrected chi connectivity index (χ1v) is 9.76. The zero-order chi connectivity index (χ0) is 20.5. The molecular weight excluding hydrogens is 354 g/mol. The second-order valence-electron chi connectivity index (χ2n) is 6.96. The van der Waals surface area contributed by atoms with Gasteiger partial charge in [-0.25, -0.2) is 9.59 Å². The van der Waals surface area contributed by atoms with Gasteiger partial charge < -0.3 is 9.84 Å². The molecule has 0 aliphatic heterocycles. The summed E-state index contributed by atoms with van der Waals surface area (Å²) in [5.74, 6) is -0.776. The van der Waals surface area contributed by atoms with Crippen LogP contribution < -0.4 is 4.90 Å². The molecule has 2 aromatic rings. The molecule has 1 amide bonds. The number of benzene rings is 2. The number of rotatable bonds is 9. The van der Waals surface area contributed by atoms with E-state index >= 15 is 0 Å². The van der Waals surface area contributed by atoms with Gasteiger partial charge in [0.1, 0.15) is 6.04 Å². The molecule has 0 radical (unpaired) electrons. The number of amides is 1. The predicted octanol–water partition coefficient (Wildman–Crippen LogP) is 5.25. The van der Waals surface area contributed by atoms with Crippen LogP contribution in [0.25, 0.3) is 0 Å². The normalized spacial score (nSPS) is 12.8. The lowest BCUT2D eigenvalue weighted by Crippen LogP contribution is -2.43. The molecule has 0 saturated carbocycles. The van der Waals surface area contributed by atoms with Gasteiger partial charge in [0.05, 0.1) is 6.61 Å². The summed E-state index contributed by atoms with van der Waals surface area (Å²) in [5, 5.41) is 9.38. The van der Waals surface area contributed by atoms with E-state index in [-0.39, 0.29) is 6.61 Å². The maximum atomic E-state index is 12.3. The molecule has 2 unspecified atom stereocenters. The molecular formula is C23H29NO4. The number of anilines is 1. The van der Waals surface area contributed by atoms with Gasteiger partial charge in [0.15, 0.2) is 0 Å². The van der Waals surface area contributed by atoms with Gasteiger partial charge in [-0.15, -0.1) is 0 Å². The third-order valence-corrected chi connectivity index (χ3v) is 4.87. The van der Waals surface area contributed by atoms with Crippen LogP contribution in [-0.2, 0) is 16.0 Å². The second kappa shape index (κ2) is 10.5. The average Bonchev–Trinajstić information content (AvgIpc) is 2.69. The van der Waals surface area contributed by atoms with E-state index in [2.05, 4.69) is 31.2 Å². The van der Waals surface area contributed by atoms with Crippen LogP contribution in [0.1, 0.15) is 50.7 Å². The monoisotopic (exact) mass is 383 g/mol. The molecule has 2 aromatic carbocycles. The first kappa shape index (κ1) is 21.5. The fraction of sp³-hybridized carbons (Fsp3) is 0.391. The molecule has 2 rings (SSSR count). The standard InChI is InChI=1S/C23H29NO4/c1-4-28-23(27)24(18(3)22(25)26)21-15-9-14-20(16-21)17(2)10-8-13-19-11-6-5-7-12-19/h5-7,9,11-12,14-18H,4,8,10,13H2,1-3H3,(H,25,26). The summed E-state index contributed by atoms with van der Waals surface area (Å²) in [4.78, 5) is 25.0. The third-order valence-electron chi connectivity index (χ3n) is 4.87. The van der Waals surface area contributed by atoms with E-state index in [9.17, 15) is 14.7 Å². The molecule has 0 fully saturated rings. The number of carboxylic acid groups (broad SMARTS) is 1. The topological polar surface area (TPSA) is 66.8 Å². The number of hydrogen-bond donors (Lipinski definition) is 1. The van der Waals surface area contributed by atoms with Crippen molar-refractivity contribution in [3.8, 4) is 0 Å². The first-order valence-electron chi connectivity index (χ1n) is 9.76. The molecule has 1 N–H and O–H groups in total. The third kappa shape index (κ3) is 5.84. The molecule has 2 atom stereocenters. The number of carboxylic acids is 1. The number of nitrogens with zero attached hydrogens (tertiary/aromatic N) is 1. The summed E-state index contributed by atoms with van der Waals surface area (Å²) in [5.41, 5.74) is 2.95. The van der Waals surface area contributed by atoms with Crippen LogP contribution in [0.5, 0.6) is 0 Å². The Hall–Kier alpha value is -2.82. The highest BCUT2D eigenvalue weighted by molar-refractivity contribution is 5.95. The molecule has 0 aliphatic rings. The van der Waals surface area contributed by atoms with Gasteiger partial charge in [-0.1, -0.05) is 49.4 Å². The number of carbonyl (C=O) groups is 2. The van der Waals surface area contributed by atoms with Gasteiger partial charge in [-0.3, -0.25) is 4.90 Å². The summed E-state index contributed by atoms with van der Waals surface area (Å²) in [6.07, 6.45) is 2.44. The summed E-state index contributed by atoms with van der Waals surface area (Å²) in [6, 6.07) is 16.9. The Balaban J connectivity index is 2.11. The van der Waals surface area contributed by atoms with E-state index in [1.54, 1.807) is 13.0 Å². The summed E-state index contributed by atoms with van der Waals surface area (Å²) < 4.78 is 5.07. The van der Waals surface area contributed by atoms with Gasteiger partial charge >= 0.3 is 12.1 Å².